The van der Waals surface area contributed by atoms with Crippen LogP contribution in [-0.4, -0.2) is 55.1 Å². The van der Waals surface area contributed by atoms with E-state index in [1.54, 1.807) is 18.6 Å². The Morgan fingerprint density at radius 3 is 2.50 bits per heavy atom. The normalized spacial score (nSPS) is 11.4. The fourth-order valence-electron chi connectivity index (χ4n) is 1.12. The van der Waals surface area contributed by atoms with Crippen molar-refractivity contribution in [2.24, 2.45) is 4.99 Å². The number of thiazole rings is 1. The lowest BCUT2D eigenvalue weighted by molar-refractivity contribution is 0.104. The number of aliphatic imine (C=N–C) groups is 1. The van der Waals surface area contributed by atoms with Gasteiger partial charge in [0, 0.05) is 40.5 Å². The van der Waals surface area contributed by atoms with Gasteiger partial charge in [-0.2, -0.15) is 0 Å². The number of nitrogens with zero attached hydrogens (tertiary/aromatic N) is 4. The van der Waals surface area contributed by atoms with E-state index in [0.717, 1.165) is 5.69 Å². The number of aromatic nitrogens is 1. The average Bonchev–Trinajstić information content (AvgIpc) is 2.64. The zero-order chi connectivity index (χ0) is 13.7. The highest BCUT2D eigenvalue weighted by Crippen LogP contribution is 2.25. The van der Waals surface area contributed by atoms with Gasteiger partial charge in [0.25, 0.3) is 0 Å². The molecule has 0 amide bonds. The molecular weight excluding hydrogens is 248 g/mol. The third-order valence-corrected chi connectivity index (χ3v) is 3.01. The SMILES string of the molecule is Cc1nc(/N=C\N(C)C)sc1C(=O)/C=C/N(C)C. The van der Waals surface area contributed by atoms with Crippen molar-refractivity contribution in [3.63, 3.8) is 0 Å². The smallest absolute Gasteiger partial charge is 0.211 e. The summed E-state index contributed by atoms with van der Waals surface area (Å²) < 4.78 is 0. The Bertz CT molecular complexity index is 474. The number of ketones is 1. The molecule has 1 aromatic rings. The van der Waals surface area contributed by atoms with Gasteiger partial charge in [-0.25, -0.2) is 9.98 Å². The van der Waals surface area contributed by atoms with Crippen LogP contribution in [0.4, 0.5) is 5.13 Å². The quantitative estimate of drug-likeness (QED) is 0.354. The van der Waals surface area contributed by atoms with Crippen LogP contribution < -0.4 is 0 Å². The topological polar surface area (TPSA) is 48.8 Å². The molecule has 0 saturated heterocycles. The standard InChI is InChI=1S/C12H18N4OS/c1-9-11(10(17)6-7-15(2)3)18-12(14-9)13-8-16(4)5/h6-8H,1-5H3/b7-6+,13-8-. The maximum atomic E-state index is 11.9. The number of allylic oxidation sites excluding steroid dienone is 1. The Balaban J connectivity index is 2.88. The summed E-state index contributed by atoms with van der Waals surface area (Å²) in [5.74, 6) is -0.0370. The summed E-state index contributed by atoms with van der Waals surface area (Å²) in [7, 11) is 7.51. The molecule has 18 heavy (non-hydrogen) atoms. The first-order valence-electron chi connectivity index (χ1n) is 5.47. The molecule has 0 radical (unpaired) electrons. The molecule has 0 unspecified atom stereocenters. The predicted molar refractivity (Wildman–Crippen MR) is 75.8 cm³/mol. The molecule has 0 aliphatic carbocycles. The first-order chi connectivity index (χ1) is 8.40. The van der Waals surface area contributed by atoms with Crippen LogP contribution in [0.1, 0.15) is 15.4 Å². The van der Waals surface area contributed by atoms with Crippen LogP contribution in [0.5, 0.6) is 0 Å². The molecule has 1 aromatic heterocycles. The Hall–Kier alpha value is -1.69. The lowest BCUT2D eigenvalue weighted by Crippen LogP contribution is -2.06. The molecule has 5 nitrogen and oxygen atoms in total. The predicted octanol–water partition coefficient (Wildman–Crippen LogP) is 1.93. The van der Waals surface area contributed by atoms with Gasteiger partial charge in [0.15, 0.2) is 5.78 Å². The van der Waals surface area contributed by atoms with Crippen molar-refractivity contribution in [1.29, 1.82) is 0 Å². The zero-order valence-electron chi connectivity index (χ0n) is 11.3. The van der Waals surface area contributed by atoms with E-state index in [4.69, 9.17) is 0 Å². The highest BCUT2D eigenvalue weighted by Gasteiger charge is 2.12. The second-order valence-corrected chi connectivity index (χ2v) is 5.24. The largest absolute Gasteiger partial charge is 0.383 e. The van der Waals surface area contributed by atoms with Crippen LogP contribution in [0.3, 0.4) is 0 Å². The van der Waals surface area contributed by atoms with Crippen LogP contribution in [0.15, 0.2) is 17.3 Å². The molecule has 0 fully saturated rings. The van der Waals surface area contributed by atoms with Crippen molar-refractivity contribution >= 4 is 28.6 Å². The number of rotatable bonds is 5. The minimum Gasteiger partial charge on any atom is -0.383 e. The van der Waals surface area contributed by atoms with Gasteiger partial charge in [0.1, 0.15) is 0 Å². The van der Waals surface area contributed by atoms with Gasteiger partial charge >= 0.3 is 0 Å². The Labute approximate surface area is 111 Å². The lowest BCUT2D eigenvalue weighted by atomic mass is 10.3. The summed E-state index contributed by atoms with van der Waals surface area (Å²) in [6.07, 6.45) is 4.94. The Morgan fingerprint density at radius 2 is 1.94 bits per heavy atom. The van der Waals surface area contributed by atoms with E-state index in [9.17, 15) is 4.79 Å². The third-order valence-electron chi connectivity index (χ3n) is 1.93. The number of carbonyl (C=O) groups is 1. The molecule has 98 valence electrons. The zero-order valence-corrected chi connectivity index (χ0v) is 12.2. The molecule has 0 aliphatic rings. The maximum Gasteiger partial charge on any atom is 0.211 e. The van der Waals surface area contributed by atoms with Crippen molar-refractivity contribution in [1.82, 2.24) is 14.8 Å². The van der Waals surface area contributed by atoms with Gasteiger partial charge in [-0.1, -0.05) is 11.3 Å². The van der Waals surface area contributed by atoms with Gasteiger partial charge in [0.05, 0.1) is 16.9 Å². The lowest BCUT2D eigenvalue weighted by Gasteiger charge is -2.01. The van der Waals surface area contributed by atoms with Crippen molar-refractivity contribution in [2.75, 3.05) is 28.2 Å². The van der Waals surface area contributed by atoms with E-state index < -0.39 is 0 Å². The van der Waals surface area contributed by atoms with Crippen molar-refractivity contribution in [2.45, 2.75) is 6.92 Å². The summed E-state index contributed by atoms with van der Waals surface area (Å²) >= 11 is 1.31. The fourth-order valence-corrected chi connectivity index (χ4v) is 1.95. The van der Waals surface area contributed by atoms with E-state index in [-0.39, 0.29) is 5.78 Å². The summed E-state index contributed by atoms with van der Waals surface area (Å²) in [5, 5.41) is 0.600. The Kier molecular flexibility index (Phi) is 5.03. The molecule has 0 atom stereocenters. The highest BCUT2D eigenvalue weighted by molar-refractivity contribution is 7.17. The molecule has 0 spiro atoms. The minimum absolute atomic E-state index is 0.0370. The molecule has 0 aromatic carbocycles. The molecule has 0 saturated carbocycles. The van der Waals surface area contributed by atoms with E-state index in [1.807, 2.05) is 44.9 Å². The van der Waals surface area contributed by atoms with Crippen LogP contribution in [0.2, 0.25) is 0 Å². The number of hydrogen-bond acceptors (Lipinski definition) is 5. The number of aryl methyl sites for hydroxylation is 1. The van der Waals surface area contributed by atoms with Gasteiger partial charge in [-0.3, -0.25) is 4.79 Å². The monoisotopic (exact) mass is 266 g/mol. The molecule has 1 rings (SSSR count). The van der Waals surface area contributed by atoms with E-state index in [2.05, 4.69) is 9.98 Å². The van der Waals surface area contributed by atoms with Crippen molar-refractivity contribution in [3.8, 4) is 0 Å². The summed E-state index contributed by atoms with van der Waals surface area (Å²) in [4.78, 5) is 24.6. The van der Waals surface area contributed by atoms with Gasteiger partial charge in [-0.05, 0) is 6.92 Å². The molecule has 6 heteroatoms. The highest BCUT2D eigenvalue weighted by atomic mass is 32.1. The van der Waals surface area contributed by atoms with E-state index in [1.165, 1.54) is 11.3 Å². The van der Waals surface area contributed by atoms with Crippen LogP contribution in [0.25, 0.3) is 0 Å². The third kappa shape index (κ3) is 4.29. The van der Waals surface area contributed by atoms with Gasteiger partial charge in [-0.15, -0.1) is 0 Å². The summed E-state index contributed by atoms with van der Waals surface area (Å²) in [6.45, 7) is 1.82. The number of hydrogen-bond donors (Lipinski definition) is 0. The van der Waals surface area contributed by atoms with Crippen LogP contribution in [0, 0.1) is 6.92 Å². The summed E-state index contributed by atoms with van der Waals surface area (Å²) in [6, 6.07) is 0. The van der Waals surface area contributed by atoms with Crippen molar-refractivity contribution in [3.05, 3.63) is 22.8 Å². The second-order valence-electron chi connectivity index (χ2n) is 4.26. The first kappa shape index (κ1) is 14.4. The minimum atomic E-state index is -0.0370. The first-order valence-corrected chi connectivity index (χ1v) is 6.29. The Morgan fingerprint density at radius 1 is 1.28 bits per heavy atom. The maximum absolute atomic E-state index is 11.9. The molecule has 0 aliphatic heterocycles. The summed E-state index contributed by atoms with van der Waals surface area (Å²) in [5.41, 5.74) is 0.722. The fraction of sp³-hybridized carbons (Fsp3) is 0.417. The number of carbonyl (C=O) groups excluding carboxylic acids is 1. The van der Waals surface area contributed by atoms with Crippen molar-refractivity contribution < 1.29 is 4.79 Å². The van der Waals surface area contributed by atoms with E-state index in [0.29, 0.717) is 10.0 Å². The van der Waals surface area contributed by atoms with Gasteiger partial charge in [0.2, 0.25) is 5.13 Å². The molecule has 1 heterocycles. The molecule has 0 N–H and O–H groups in total. The van der Waals surface area contributed by atoms with E-state index >= 15 is 0 Å². The molecule has 0 bridgehead atoms. The van der Waals surface area contributed by atoms with Crippen LogP contribution in [-0.2, 0) is 0 Å². The van der Waals surface area contributed by atoms with Gasteiger partial charge < -0.3 is 9.80 Å². The average molecular weight is 266 g/mol. The van der Waals surface area contributed by atoms with Crippen LogP contribution >= 0.6 is 11.3 Å². The second kappa shape index (κ2) is 6.30. The molecular formula is C12H18N4OS.